The highest BCUT2D eigenvalue weighted by Gasteiger charge is 2.35. The van der Waals surface area contributed by atoms with Gasteiger partial charge in [-0.3, -0.25) is 14.5 Å². The maximum Gasteiger partial charge on any atom is 0.293 e. The third-order valence-electron chi connectivity index (χ3n) is 6.29. The number of amides is 2. The number of fused-ring (bicyclic) bond motifs is 1. The minimum absolute atomic E-state index is 0.236. The number of nitrogens with zero attached hydrogens (tertiary/aromatic N) is 1. The summed E-state index contributed by atoms with van der Waals surface area (Å²) in [6.45, 7) is 5.12. The van der Waals surface area contributed by atoms with Gasteiger partial charge in [0, 0.05) is 0 Å². The molecule has 192 valence electrons. The molecule has 0 spiro atoms. The Labute approximate surface area is 240 Å². The molecule has 7 heteroatoms. The predicted octanol–water partition coefficient (Wildman–Crippen LogP) is 7.97. The van der Waals surface area contributed by atoms with Crippen LogP contribution in [0.5, 0.6) is 11.5 Å². The van der Waals surface area contributed by atoms with Crippen molar-refractivity contribution in [3.8, 4) is 11.5 Å². The van der Waals surface area contributed by atoms with Gasteiger partial charge in [-0.1, -0.05) is 60.7 Å². The SMILES string of the molecule is CCOc1cc(/C=C2\SC(=O)N(Cc3ccc4ccccc4c3)C2=O)cc(I)c1OCc1ccccc1C. The fourth-order valence-corrected chi connectivity index (χ4v) is 5.92. The molecule has 1 aliphatic rings. The number of imide groups is 1. The Hall–Kier alpha value is -3.30. The zero-order valence-corrected chi connectivity index (χ0v) is 24.0. The van der Waals surface area contributed by atoms with Crippen LogP contribution in [0.15, 0.2) is 83.8 Å². The second-order valence-electron chi connectivity index (χ2n) is 8.93. The summed E-state index contributed by atoms with van der Waals surface area (Å²) in [4.78, 5) is 27.7. The van der Waals surface area contributed by atoms with Crippen LogP contribution in [0.1, 0.15) is 29.2 Å². The molecule has 4 aromatic carbocycles. The van der Waals surface area contributed by atoms with Gasteiger partial charge in [0.1, 0.15) is 6.61 Å². The van der Waals surface area contributed by atoms with Crippen molar-refractivity contribution in [3.63, 3.8) is 0 Å². The minimum atomic E-state index is -0.291. The van der Waals surface area contributed by atoms with Gasteiger partial charge in [-0.15, -0.1) is 0 Å². The Balaban J connectivity index is 1.36. The van der Waals surface area contributed by atoms with Crippen LogP contribution in [0.2, 0.25) is 0 Å². The van der Waals surface area contributed by atoms with Crippen LogP contribution in [0.25, 0.3) is 16.8 Å². The number of aryl methyl sites for hydroxylation is 1. The lowest BCUT2D eigenvalue weighted by molar-refractivity contribution is -0.123. The van der Waals surface area contributed by atoms with Gasteiger partial charge in [0.25, 0.3) is 11.1 Å². The van der Waals surface area contributed by atoms with Crippen molar-refractivity contribution in [1.29, 1.82) is 0 Å². The molecule has 5 rings (SSSR count). The molecule has 1 aliphatic heterocycles. The van der Waals surface area contributed by atoms with Crippen molar-refractivity contribution in [2.75, 3.05) is 6.61 Å². The number of thioether (sulfide) groups is 1. The van der Waals surface area contributed by atoms with Crippen LogP contribution in [0.3, 0.4) is 0 Å². The maximum absolute atomic E-state index is 13.2. The third-order valence-corrected chi connectivity index (χ3v) is 8.00. The van der Waals surface area contributed by atoms with Crippen LogP contribution in [-0.2, 0) is 17.9 Å². The highest BCUT2D eigenvalue weighted by molar-refractivity contribution is 14.1. The molecule has 0 bridgehead atoms. The van der Waals surface area contributed by atoms with Gasteiger partial charge in [0.2, 0.25) is 0 Å². The van der Waals surface area contributed by atoms with Gasteiger partial charge in [-0.05, 0) is 106 Å². The van der Waals surface area contributed by atoms with Gasteiger partial charge in [0.05, 0.1) is 21.6 Å². The van der Waals surface area contributed by atoms with Crippen molar-refractivity contribution in [2.45, 2.75) is 27.0 Å². The summed E-state index contributed by atoms with van der Waals surface area (Å²) < 4.78 is 12.9. The summed E-state index contributed by atoms with van der Waals surface area (Å²) in [6.07, 6.45) is 1.75. The van der Waals surface area contributed by atoms with Crippen molar-refractivity contribution in [2.24, 2.45) is 0 Å². The fourth-order valence-electron chi connectivity index (χ4n) is 4.30. The van der Waals surface area contributed by atoms with E-state index in [1.54, 1.807) is 6.08 Å². The molecular formula is C31H26INO4S. The first kappa shape index (κ1) is 26.3. The van der Waals surface area contributed by atoms with Crippen LogP contribution in [0, 0.1) is 10.5 Å². The first-order valence-corrected chi connectivity index (χ1v) is 14.2. The highest BCUT2D eigenvalue weighted by Crippen LogP contribution is 2.38. The predicted molar refractivity (Wildman–Crippen MR) is 161 cm³/mol. The monoisotopic (exact) mass is 635 g/mol. The van der Waals surface area contributed by atoms with Crippen LogP contribution in [0.4, 0.5) is 4.79 Å². The van der Waals surface area contributed by atoms with Gasteiger partial charge < -0.3 is 9.47 Å². The smallest absolute Gasteiger partial charge is 0.293 e. The molecule has 0 unspecified atom stereocenters. The second-order valence-corrected chi connectivity index (χ2v) is 11.1. The Morgan fingerprint density at radius 3 is 2.47 bits per heavy atom. The number of hydrogen-bond donors (Lipinski definition) is 0. The van der Waals surface area contributed by atoms with Gasteiger partial charge >= 0.3 is 0 Å². The number of carbonyl (C=O) groups is 2. The van der Waals surface area contributed by atoms with Crippen molar-refractivity contribution in [1.82, 2.24) is 4.90 Å². The lowest BCUT2D eigenvalue weighted by Crippen LogP contribution is -2.27. The summed E-state index contributed by atoms with van der Waals surface area (Å²) in [6, 6.07) is 25.9. The summed E-state index contributed by atoms with van der Waals surface area (Å²) in [5.41, 5.74) is 3.96. The van der Waals surface area contributed by atoms with Gasteiger partial charge in [-0.25, -0.2) is 0 Å². The number of rotatable bonds is 8. The quantitative estimate of drug-likeness (QED) is 0.145. The number of hydrogen-bond acceptors (Lipinski definition) is 5. The Morgan fingerprint density at radius 1 is 0.921 bits per heavy atom. The normalized spacial score (nSPS) is 14.5. The molecule has 38 heavy (non-hydrogen) atoms. The zero-order valence-electron chi connectivity index (χ0n) is 21.1. The van der Waals surface area contributed by atoms with E-state index in [1.165, 1.54) is 4.90 Å². The number of benzene rings is 4. The van der Waals surface area contributed by atoms with E-state index in [4.69, 9.17) is 9.47 Å². The highest BCUT2D eigenvalue weighted by atomic mass is 127. The van der Waals surface area contributed by atoms with Gasteiger partial charge in [0.15, 0.2) is 11.5 Å². The van der Waals surface area contributed by atoms with E-state index in [2.05, 4.69) is 35.6 Å². The summed E-state index contributed by atoms with van der Waals surface area (Å²) >= 11 is 3.18. The van der Waals surface area contributed by atoms with E-state index in [0.29, 0.717) is 29.6 Å². The average Bonchev–Trinajstić information content (AvgIpc) is 3.16. The topological polar surface area (TPSA) is 55.8 Å². The molecule has 1 saturated heterocycles. The van der Waals surface area contributed by atoms with Crippen LogP contribution < -0.4 is 9.47 Å². The standard InChI is InChI=1S/C31H26INO4S/c1-3-36-27-16-22(15-26(32)29(27)37-19-25-11-5-4-8-20(25)2)17-28-30(34)33(31(35)38-28)18-21-12-13-23-9-6-7-10-24(23)14-21/h4-17H,3,18-19H2,1-2H3/b28-17-. The molecule has 0 aliphatic carbocycles. The first-order valence-electron chi connectivity index (χ1n) is 12.3. The maximum atomic E-state index is 13.2. The molecule has 0 aromatic heterocycles. The van der Waals surface area contributed by atoms with E-state index in [9.17, 15) is 9.59 Å². The lowest BCUT2D eigenvalue weighted by atomic mass is 10.1. The zero-order chi connectivity index (χ0) is 26.6. The largest absolute Gasteiger partial charge is 0.490 e. The molecule has 0 N–H and O–H groups in total. The molecule has 4 aromatic rings. The van der Waals surface area contributed by atoms with E-state index < -0.39 is 0 Å². The van der Waals surface area contributed by atoms with Crippen molar-refractivity contribution in [3.05, 3.63) is 110 Å². The Kier molecular flexibility index (Phi) is 8.04. The van der Waals surface area contributed by atoms with Crippen molar-refractivity contribution < 1.29 is 19.1 Å². The van der Waals surface area contributed by atoms with Crippen LogP contribution >= 0.6 is 34.4 Å². The third kappa shape index (κ3) is 5.73. The molecule has 0 saturated carbocycles. The van der Waals surface area contributed by atoms with E-state index in [0.717, 1.165) is 48.4 Å². The molecule has 1 fully saturated rings. The molecule has 5 nitrogen and oxygen atoms in total. The molecule has 0 radical (unpaired) electrons. The summed E-state index contributed by atoms with van der Waals surface area (Å²) in [5.74, 6) is 0.980. The molecular weight excluding hydrogens is 609 g/mol. The van der Waals surface area contributed by atoms with Crippen molar-refractivity contribution >= 4 is 62.3 Å². The summed E-state index contributed by atoms with van der Waals surface area (Å²) in [5, 5.41) is 1.93. The fraction of sp³-hybridized carbons (Fsp3) is 0.161. The number of ether oxygens (including phenoxy) is 2. The molecule has 2 amide bonds. The number of halogens is 1. The summed E-state index contributed by atoms with van der Waals surface area (Å²) in [7, 11) is 0. The Morgan fingerprint density at radius 2 is 1.68 bits per heavy atom. The minimum Gasteiger partial charge on any atom is -0.490 e. The first-order chi connectivity index (χ1) is 18.4. The molecule has 1 heterocycles. The lowest BCUT2D eigenvalue weighted by Gasteiger charge is -2.16. The van der Waals surface area contributed by atoms with E-state index in [1.807, 2.05) is 79.7 Å². The second kappa shape index (κ2) is 11.6. The van der Waals surface area contributed by atoms with E-state index in [-0.39, 0.29) is 17.7 Å². The average molecular weight is 636 g/mol. The number of carbonyl (C=O) groups excluding carboxylic acids is 2. The van der Waals surface area contributed by atoms with Gasteiger partial charge in [-0.2, -0.15) is 0 Å². The Bertz CT molecular complexity index is 1570. The van der Waals surface area contributed by atoms with Crippen LogP contribution in [-0.4, -0.2) is 22.7 Å². The molecule has 0 atom stereocenters. The van der Waals surface area contributed by atoms with E-state index >= 15 is 0 Å².